The Hall–Kier alpha value is -1.13. The van der Waals surface area contributed by atoms with Crippen LogP contribution in [0.3, 0.4) is 0 Å². The van der Waals surface area contributed by atoms with Gasteiger partial charge in [0.1, 0.15) is 0 Å². The van der Waals surface area contributed by atoms with E-state index in [1.165, 1.54) is 0 Å². The van der Waals surface area contributed by atoms with Crippen LogP contribution >= 0.6 is 0 Å². The zero-order valence-electron chi connectivity index (χ0n) is 7.73. The molecule has 0 heterocycles. The van der Waals surface area contributed by atoms with Gasteiger partial charge in [0.25, 0.3) is 0 Å². The standard InChI is InChI=1S/C8H15NO4/c1-2-3-4-7(5-8(10)11)6-9(12)13/h7H,2-6H2,1H3,(H,10,11)/t7-/m0/s1. The Kier molecular flexibility index (Phi) is 5.84. The van der Waals surface area contributed by atoms with Gasteiger partial charge in [-0.2, -0.15) is 0 Å². The summed E-state index contributed by atoms with van der Waals surface area (Å²) in [5.41, 5.74) is 0. The number of unbranched alkanes of at least 4 members (excludes halogenated alkanes) is 1. The van der Waals surface area contributed by atoms with E-state index in [-0.39, 0.29) is 18.9 Å². The van der Waals surface area contributed by atoms with E-state index in [4.69, 9.17) is 5.11 Å². The molecule has 0 aromatic carbocycles. The van der Waals surface area contributed by atoms with Crippen LogP contribution in [0.2, 0.25) is 0 Å². The van der Waals surface area contributed by atoms with Gasteiger partial charge >= 0.3 is 5.97 Å². The number of carboxylic acids is 1. The van der Waals surface area contributed by atoms with Gasteiger partial charge in [-0.15, -0.1) is 0 Å². The quantitative estimate of drug-likeness (QED) is 0.486. The SMILES string of the molecule is CCCC[C@@H](CC(=O)O)C[N+](=O)[O-]. The maximum Gasteiger partial charge on any atom is 0.303 e. The monoisotopic (exact) mass is 189 g/mol. The lowest BCUT2D eigenvalue weighted by Gasteiger charge is -2.08. The molecule has 5 nitrogen and oxygen atoms in total. The van der Waals surface area contributed by atoms with E-state index >= 15 is 0 Å². The Balaban J connectivity index is 3.87. The van der Waals surface area contributed by atoms with Crippen molar-refractivity contribution in [2.45, 2.75) is 32.6 Å². The number of nitrogens with zero attached hydrogens (tertiary/aromatic N) is 1. The molecule has 1 N–H and O–H groups in total. The van der Waals surface area contributed by atoms with Gasteiger partial charge in [0.2, 0.25) is 6.54 Å². The normalized spacial score (nSPS) is 12.4. The second kappa shape index (κ2) is 6.39. The van der Waals surface area contributed by atoms with E-state index < -0.39 is 10.9 Å². The van der Waals surface area contributed by atoms with Crippen molar-refractivity contribution in [1.82, 2.24) is 0 Å². The number of hydrogen-bond acceptors (Lipinski definition) is 3. The molecule has 0 saturated heterocycles. The lowest BCUT2D eigenvalue weighted by atomic mass is 9.99. The highest BCUT2D eigenvalue weighted by molar-refractivity contribution is 5.67. The molecule has 0 rings (SSSR count). The van der Waals surface area contributed by atoms with Crippen LogP contribution in [0.4, 0.5) is 0 Å². The first-order valence-electron chi connectivity index (χ1n) is 4.39. The first-order chi connectivity index (χ1) is 6.06. The first kappa shape index (κ1) is 11.9. The minimum Gasteiger partial charge on any atom is -0.481 e. The molecule has 0 unspecified atom stereocenters. The fourth-order valence-corrected chi connectivity index (χ4v) is 1.21. The van der Waals surface area contributed by atoms with Crippen molar-refractivity contribution >= 4 is 5.97 Å². The van der Waals surface area contributed by atoms with Crippen molar-refractivity contribution in [3.8, 4) is 0 Å². The number of hydrogen-bond donors (Lipinski definition) is 1. The summed E-state index contributed by atoms with van der Waals surface area (Å²) in [6.07, 6.45) is 2.32. The maximum absolute atomic E-state index is 10.3. The number of aliphatic carboxylic acids is 1. The first-order valence-corrected chi connectivity index (χ1v) is 4.39. The second-order valence-corrected chi connectivity index (χ2v) is 3.12. The molecular formula is C8H15NO4. The van der Waals surface area contributed by atoms with Gasteiger partial charge in [0.15, 0.2) is 0 Å². The Bertz CT molecular complexity index is 165. The molecule has 0 amide bonds. The van der Waals surface area contributed by atoms with Crippen LogP contribution < -0.4 is 0 Å². The Morgan fingerprint density at radius 1 is 1.62 bits per heavy atom. The molecule has 0 bridgehead atoms. The van der Waals surface area contributed by atoms with E-state index in [2.05, 4.69) is 0 Å². The number of nitro groups is 1. The average Bonchev–Trinajstić information content (AvgIpc) is 1.98. The molecule has 0 saturated carbocycles. The van der Waals surface area contributed by atoms with Crippen LogP contribution in [0.25, 0.3) is 0 Å². The predicted octanol–water partition coefficient (Wildman–Crippen LogP) is 1.54. The molecule has 0 aliphatic rings. The zero-order chi connectivity index (χ0) is 10.3. The van der Waals surface area contributed by atoms with Gasteiger partial charge in [0, 0.05) is 10.8 Å². The predicted molar refractivity (Wildman–Crippen MR) is 47.1 cm³/mol. The molecule has 0 fully saturated rings. The minimum absolute atomic E-state index is 0.0962. The Morgan fingerprint density at radius 3 is 2.62 bits per heavy atom. The van der Waals surface area contributed by atoms with Crippen molar-refractivity contribution in [1.29, 1.82) is 0 Å². The highest BCUT2D eigenvalue weighted by Crippen LogP contribution is 2.12. The third-order valence-electron chi connectivity index (χ3n) is 1.84. The van der Waals surface area contributed by atoms with Crippen molar-refractivity contribution in [2.75, 3.05) is 6.54 Å². The van der Waals surface area contributed by atoms with Crippen molar-refractivity contribution in [2.24, 2.45) is 5.92 Å². The van der Waals surface area contributed by atoms with E-state index in [1.807, 2.05) is 6.92 Å². The van der Waals surface area contributed by atoms with Crippen molar-refractivity contribution in [3.05, 3.63) is 10.1 Å². The highest BCUT2D eigenvalue weighted by Gasteiger charge is 2.17. The number of carbonyl (C=O) groups is 1. The lowest BCUT2D eigenvalue weighted by molar-refractivity contribution is -0.488. The van der Waals surface area contributed by atoms with E-state index in [1.54, 1.807) is 0 Å². The molecule has 13 heavy (non-hydrogen) atoms. The van der Waals surface area contributed by atoms with Crippen LogP contribution in [0.1, 0.15) is 32.6 Å². The molecule has 76 valence electrons. The smallest absolute Gasteiger partial charge is 0.303 e. The van der Waals surface area contributed by atoms with Gasteiger partial charge in [0.05, 0.1) is 6.42 Å². The number of rotatable bonds is 7. The summed E-state index contributed by atoms with van der Waals surface area (Å²) in [6.45, 7) is 1.75. The lowest BCUT2D eigenvalue weighted by Crippen LogP contribution is -2.17. The Morgan fingerprint density at radius 2 is 2.23 bits per heavy atom. The van der Waals surface area contributed by atoms with Crippen LogP contribution in [-0.4, -0.2) is 22.5 Å². The minimum atomic E-state index is -0.956. The molecule has 5 heteroatoms. The van der Waals surface area contributed by atoms with Gasteiger partial charge < -0.3 is 5.11 Å². The molecule has 0 aromatic rings. The molecular weight excluding hydrogens is 174 g/mol. The maximum atomic E-state index is 10.3. The third kappa shape index (κ3) is 7.24. The molecule has 0 aliphatic carbocycles. The summed E-state index contributed by atoms with van der Waals surface area (Å²) in [4.78, 5) is 20.1. The molecule has 0 aromatic heterocycles. The van der Waals surface area contributed by atoms with E-state index in [0.717, 1.165) is 12.8 Å². The molecule has 0 spiro atoms. The average molecular weight is 189 g/mol. The fourth-order valence-electron chi connectivity index (χ4n) is 1.21. The molecule has 0 aliphatic heterocycles. The largest absolute Gasteiger partial charge is 0.481 e. The van der Waals surface area contributed by atoms with Crippen LogP contribution in [0.5, 0.6) is 0 Å². The third-order valence-corrected chi connectivity index (χ3v) is 1.84. The van der Waals surface area contributed by atoms with Crippen molar-refractivity contribution in [3.63, 3.8) is 0 Å². The van der Waals surface area contributed by atoms with Crippen molar-refractivity contribution < 1.29 is 14.8 Å². The van der Waals surface area contributed by atoms with Gasteiger partial charge in [-0.1, -0.05) is 19.8 Å². The van der Waals surface area contributed by atoms with Gasteiger partial charge in [-0.3, -0.25) is 14.9 Å². The van der Waals surface area contributed by atoms with E-state index in [0.29, 0.717) is 6.42 Å². The van der Waals surface area contributed by atoms with Gasteiger partial charge in [-0.25, -0.2) is 0 Å². The summed E-state index contributed by atoms with van der Waals surface area (Å²) in [5.74, 6) is -1.27. The van der Waals surface area contributed by atoms with Crippen LogP contribution in [0.15, 0.2) is 0 Å². The Labute approximate surface area is 76.9 Å². The summed E-state index contributed by atoms with van der Waals surface area (Å²) in [5, 5.41) is 18.6. The van der Waals surface area contributed by atoms with Gasteiger partial charge in [-0.05, 0) is 6.42 Å². The summed E-state index contributed by atoms with van der Waals surface area (Å²) in [7, 11) is 0. The van der Waals surface area contributed by atoms with Crippen LogP contribution in [-0.2, 0) is 4.79 Å². The molecule has 1 atom stereocenters. The van der Waals surface area contributed by atoms with E-state index in [9.17, 15) is 14.9 Å². The topological polar surface area (TPSA) is 80.4 Å². The fraction of sp³-hybridized carbons (Fsp3) is 0.875. The number of carboxylic acid groups (broad SMARTS) is 1. The zero-order valence-corrected chi connectivity index (χ0v) is 7.73. The summed E-state index contributed by atoms with van der Waals surface area (Å²) >= 11 is 0. The second-order valence-electron chi connectivity index (χ2n) is 3.12. The summed E-state index contributed by atoms with van der Waals surface area (Å²) in [6, 6.07) is 0. The van der Waals surface area contributed by atoms with Crippen LogP contribution in [0, 0.1) is 16.0 Å². The molecule has 0 radical (unpaired) electrons. The highest BCUT2D eigenvalue weighted by atomic mass is 16.6. The summed E-state index contributed by atoms with van der Waals surface area (Å²) < 4.78 is 0.